The van der Waals surface area contributed by atoms with Crippen LogP contribution < -0.4 is 5.32 Å². The molecule has 0 spiro atoms. The molecule has 1 aromatic rings. The van der Waals surface area contributed by atoms with Gasteiger partial charge in [0.1, 0.15) is 0 Å². The number of aromatic nitrogens is 2. The number of likely N-dealkylation sites (N-methyl/N-ethyl adjacent to an activating group) is 2. The van der Waals surface area contributed by atoms with E-state index in [2.05, 4.69) is 60.1 Å². The normalized spacial score (nSPS) is 22.4. The van der Waals surface area contributed by atoms with Gasteiger partial charge in [-0.3, -0.25) is 4.90 Å². The molecule has 2 rings (SSSR count). The molecule has 1 saturated heterocycles. The van der Waals surface area contributed by atoms with Crippen molar-refractivity contribution >= 4 is 0 Å². The molecule has 1 aliphatic rings. The van der Waals surface area contributed by atoms with Gasteiger partial charge in [0, 0.05) is 38.1 Å². The Morgan fingerprint density at radius 2 is 2.05 bits per heavy atom. The molecule has 0 saturated carbocycles. The number of nitrogens with one attached hydrogen (secondary N) is 1. The monoisotopic (exact) mass is 281 g/mol. The van der Waals surface area contributed by atoms with Gasteiger partial charge in [0.15, 0.2) is 5.82 Å². The third-order valence-corrected chi connectivity index (χ3v) is 3.63. The maximum Gasteiger partial charge on any atom is 0.227 e. The Morgan fingerprint density at radius 3 is 2.75 bits per heavy atom. The zero-order valence-electron chi connectivity index (χ0n) is 13.3. The molecular weight excluding hydrogens is 254 g/mol. The summed E-state index contributed by atoms with van der Waals surface area (Å²) in [4.78, 5) is 9.15. The predicted octanol–water partition coefficient (Wildman–Crippen LogP) is 0.919. The van der Waals surface area contributed by atoms with E-state index in [0.717, 1.165) is 44.3 Å². The lowest BCUT2D eigenvalue weighted by atomic mass is 10.1. The van der Waals surface area contributed by atoms with Crippen LogP contribution in [0.5, 0.6) is 0 Å². The summed E-state index contributed by atoms with van der Waals surface area (Å²) in [6.07, 6.45) is 0.774. The zero-order valence-corrected chi connectivity index (χ0v) is 13.3. The zero-order chi connectivity index (χ0) is 14.8. The first kappa shape index (κ1) is 15.4. The van der Waals surface area contributed by atoms with E-state index in [9.17, 15) is 0 Å². The number of nitrogens with zero attached hydrogens (tertiary/aromatic N) is 4. The van der Waals surface area contributed by atoms with Gasteiger partial charge >= 0.3 is 0 Å². The van der Waals surface area contributed by atoms with E-state index in [1.165, 1.54) is 0 Å². The first-order valence-electron chi connectivity index (χ1n) is 7.31. The third kappa shape index (κ3) is 4.26. The van der Waals surface area contributed by atoms with E-state index in [1.807, 2.05) is 0 Å². The van der Waals surface area contributed by atoms with Gasteiger partial charge in [0.25, 0.3) is 0 Å². The Kier molecular flexibility index (Phi) is 4.78. The van der Waals surface area contributed by atoms with Gasteiger partial charge in [0.05, 0.1) is 6.04 Å². The summed E-state index contributed by atoms with van der Waals surface area (Å²) in [6.45, 7) is 10.4. The number of piperazine rings is 1. The molecule has 1 unspecified atom stereocenters. The largest absolute Gasteiger partial charge is 0.339 e. The van der Waals surface area contributed by atoms with E-state index in [0.29, 0.717) is 0 Å². The van der Waals surface area contributed by atoms with Gasteiger partial charge in [0.2, 0.25) is 5.89 Å². The van der Waals surface area contributed by atoms with Crippen LogP contribution >= 0.6 is 0 Å². The van der Waals surface area contributed by atoms with Gasteiger partial charge < -0.3 is 14.7 Å². The number of hydrogen-bond donors (Lipinski definition) is 1. The fraction of sp³-hybridized carbons (Fsp3) is 0.857. The van der Waals surface area contributed by atoms with Crippen molar-refractivity contribution in [1.29, 1.82) is 0 Å². The van der Waals surface area contributed by atoms with Crippen molar-refractivity contribution in [2.24, 2.45) is 0 Å². The minimum atomic E-state index is 0.120. The van der Waals surface area contributed by atoms with E-state index in [4.69, 9.17) is 4.52 Å². The Hall–Kier alpha value is -0.980. The highest BCUT2D eigenvalue weighted by Crippen LogP contribution is 2.20. The molecule has 0 bridgehead atoms. The highest BCUT2D eigenvalue weighted by molar-refractivity contribution is 4.98. The van der Waals surface area contributed by atoms with Crippen LogP contribution in [0.4, 0.5) is 0 Å². The smallest absolute Gasteiger partial charge is 0.227 e. The van der Waals surface area contributed by atoms with Crippen molar-refractivity contribution in [2.45, 2.75) is 38.8 Å². The lowest BCUT2D eigenvalue weighted by Crippen LogP contribution is -2.45. The SMILES string of the molecule is CN1CCN(C)C(c2noc(CCNC(C)(C)C)n2)C1. The molecule has 1 aliphatic heterocycles. The summed E-state index contributed by atoms with van der Waals surface area (Å²) in [5.41, 5.74) is 0.120. The van der Waals surface area contributed by atoms with Crippen LogP contribution in [-0.2, 0) is 6.42 Å². The van der Waals surface area contributed by atoms with Crippen molar-refractivity contribution in [2.75, 3.05) is 40.3 Å². The van der Waals surface area contributed by atoms with Crippen molar-refractivity contribution in [3.63, 3.8) is 0 Å². The van der Waals surface area contributed by atoms with Crippen molar-refractivity contribution in [3.8, 4) is 0 Å². The second-order valence-electron chi connectivity index (χ2n) is 6.73. The molecule has 0 aliphatic carbocycles. The fourth-order valence-electron chi connectivity index (χ4n) is 2.34. The quantitative estimate of drug-likeness (QED) is 0.885. The minimum absolute atomic E-state index is 0.120. The summed E-state index contributed by atoms with van der Waals surface area (Å²) in [6, 6.07) is 0.238. The standard InChI is InChI=1S/C14H27N5O/c1-14(2,3)15-7-6-12-16-13(17-20-12)11-10-18(4)8-9-19(11)5/h11,15H,6-10H2,1-5H3. The van der Waals surface area contributed by atoms with Crippen LogP contribution in [0.15, 0.2) is 4.52 Å². The highest BCUT2D eigenvalue weighted by atomic mass is 16.5. The predicted molar refractivity (Wildman–Crippen MR) is 78.6 cm³/mol. The second-order valence-corrected chi connectivity index (χ2v) is 6.73. The molecule has 6 nitrogen and oxygen atoms in total. The molecule has 2 heterocycles. The molecule has 20 heavy (non-hydrogen) atoms. The van der Waals surface area contributed by atoms with Gasteiger partial charge in [-0.05, 0) is 34.9 Å². The van der Waals surface area contributed by atoms with Gasteiger partial charge in [-0.15, -0.1) is 0 Å². The summed E-state index contributed by atoms with van der Waals surface area (Å²) in [5, 5.41) is 7.59. The summed E-state index contributed by atoms with van der Waals surface area (Å²) in [7, 11) is 4.25. The van der Waals surface area contributed by atoms with Crippen molar-refractivity contribution in [1.82, 2.24) is 25.3 Å². The van der Waals surface area contributed by atoms with Crippen molar-refractivity contribution < 1.29 is 4.52 Å². The third-order valence-electron chi connectivity index (χ3n) is 3.63. The van der Waals surface area contributed by atoms with E-state index in [1.54, 1.807) is 0 Å². The molecule has 1 aromatic heterocycles. The fourth-order valence-corrected chi connectivity index (χ4v) is 2.34. The molecule has 1 N–H and O–H groups in total. The Labute approximate surface area is 121 Å². The molecule has 0 amide bonds. The molecule has 6 heteroatoms. The van der Waals surface area contributed by atoms with Crippen LogP contribution in [0.3, 0.4) is 0 Å². The van der Waals surface area contributed by atoms with Crippen molar-refractivity contribution in [3.05, 3.63) is 11.7 Å². The molecule has 1 fully saturated rings. The summed E-state index contributed by atoms with van der Waals surface area (Å²) < 4.78 is 5.37. The van der Waals surface area contributed by atoms with Crippen LogP contribution in [0.2, 0.25) is 0 Å². The van der Waals surface area contributed by atoms with Crippen LogP contribution in [-0.4, -0.2) is 65.8 Å². The maximum atomic E-state index is 5.37. The first-order valence-corrected chi connectivity index (χ1v) is 7.31. The van der Waals surface area contributed by atoms with Crippen LogP contribution in [0, 0.1) is 0 Å². The van der Waals surface area contributed by atoms with E-state index < -0.39 is 0 Å². The number of hydrogen-bond acceptors (Lipinski definition) is 6. The maximum absolute atomic E-state index is 5.37. The lowest BCUT2D eigenvalue weighted by molar-refractivity contribution is 0.108. The summed E-state index contributed by atoms with van der Waals surface area (Å²) >= 11 is 0. The van der Waals surface area contributed by atoms with Crippen LogP contribution in [0.1, 0.15) is 38.5 Å². The van der Waals surface area contributed by atoms with Crippen LogP contribution in [0.25, 0.3) is 0 Å². The second kappa shape index (κ2) is 6.20. The van der Waals surface area contributed by atoms with E-state index >= 15 is 0 Å². The van der Waals surface area contributed by atoms with E-state index in [-0.39, 0.29) is 11.6 Å². The Balaban J connectivity index is 1.91. The van der Waals surface area contributed by atoms with Gasteiger partial charge in [-0.25, -0.2) is 0 Å². The highest BCUT2D eigenvalue weighted by Gasteiger charge is 2.27. The lowest BCUT2D eigenvalue weighted by Gasteiger charge is -2.35. The van der Waals surface area contributed by atoms with Gasteiger partial charge in [-0.2, -0.15) is 4.98 Å². The molecule has 0 radical (unpaired) electrons. The average Bonchev–Trinajstić information content (AvgIpc) is 2.79. The van der Waals surface area contributed by atoms with Gasteiger partial charge in [-0.1, -0.05) is 5.16 Å². The molecule has 1 atom stereocenters. The first-order chi connectivity index (χ1) is 9.35. The number of rotatable bonds is 4. The molecule has 114 valence electrons. The molecule has 0 aromatic carbocycles. The minimum Gasteiger partial charge on any atom is -0.339 e. The Morgan fingerprint density at radius 1 is 1.30 bits per heavy atom. The Bertz CT molecular complexity index is 425. The molecular formula is C14H27N5O. The summed E-state index contributed by atoms with van der Waals surface area (Å²) in [5.74, 6) is 1.53. The average molecular weight is 281 g/mol. The topological polar surface area (TPSA) is 57.4 Å².